The first kappa shape index (κ1) is 17.0. The van der Waals surface area contributed by atoms with Crippen molar-refractivity contribution in [3.8, 4) is 0 Å². The van der Waals surface area contributed by atoms with Crippen LogP contribution in [0.2, 0.25) is 0 Å². The third-order valence-electron chi connectivity index (χ3n) is 3.48. The maximum Gasteiger partial charge on any atom is 0.410 e. The number of nitrogens with zero attached hydrogens (tertiary/aromatic N) is 4. The van der Waals surface area contributed by atoms with E-state index >= 15 is 0 Å². The predicted octanol–water partition coefficient (Wildman–Crippen LogP) is 3.07. The van der Waals surface area contributed by atoms with Crippen molar-refractivity contribution in [2.45, 2.75) is 52.3 Å². The van der Waals surface area contributed by atoms with Gasteiger partial charge in [0.2, 0.25) is 5.95 Å². The van der Waals surface area contributed by atoms with Gasteiger partial charge in [-0.15, -0.1) is 0 Å². The Hall–Kier alpha value is -1.37. The van der Waals surface area contributed by atoms with Gasteiger partial charge in [0, 0.05) is 37.6 Å². The average molecular weight is 371 g/mol. The van der Waals surface area contributed by atoms with E-state index in [1.807, 2.05) is 27.7 Å². The first-order valence-corrected chi connectivity index (χ1v) is 8.20. The third-order valence-corrected chi connectivity index (χ3v) is 3.89. The van der Waals surface area contributed by atoms with Gasteiger partial charge >= 0.3 is 6.09 Å². The molecule has 2 rings (SSSR count). The molecule has 0 aromatic carbocycles. The molecule has 1 aliphatic heterocycles. The predicted molar refractivity (Wildman–Crippen MR) is 88.9 cm³/mol. The SMILES string of the molecule is C[C@@H]1CN(c2ncc(Br)cn2)[C@@H](C)CN1C(=O)OC(C)(C)C. The molecule has 0 unspecified atom stereocenters. The zero-order chi connectivity index (χ0) is 16.5. The molecule has 6 nitrogen and oxygen atoms in total. The number of carbonyl (C=O) groups is 1. The Balaban J connectivity index is 2.08. The van der Waals surface area contributed by atoms with Gasteiger partial charge < -0.3 is 14.5 Å². The summed E-state index contributed by atoms with van der Waals surface area (Å²) in [6.07, 6.45) is 3.21. The number of halogens is 1. The second-order valence-electron chi connectivity index (χ2n) is 6.68. The zero-order valence-electron chi connectivity index (χ0n) is 13.7. The highest BCUT2D eigenvalue weighted by molar-refractivity contribution is 9.10. The first-order chi connectivity index (χ1) is 10.2. The van der Waals surface area contributed by atoms with Crippen LogP contribution in [-0.2, 0) is 4.74 Å². The van der Waals surface area contributed by atoms with Crippen molar-refractivity contribution in [2.24, 2.45) is 0 Å². The van der Waals surface area contributed by atoms with Crippen molar-refractivity contribution in [1.29, 1.82) is 0 Å². The summed E-state index contributed by atoms with van der Waals surface area (Å²) in [5.41, 5.74) is -0.480. The van der Waals surface area contributed by atoms with E-state index in [2.05, 4.69) is 37.7 Å². The quantitative estimate of drug-likeness (QED) is 0.760. The minimum Gasteiger partial charge on any atom is -0.444 e. The molecule has 1 aromatic heterocycles. The molecule has 0 bridgehead atoms. The van der Waals surface area contributed by atoms with Crippen LogP contribution < -0.4 is 4.90 Å². The van der Waals surface area contributed by atoms with Crippen molar-refractivity contribution in [3.63, 3.8) is 0 Å². The highest BCUT2D eigenvalue weighted by Crippen LogP contribution is 2.22. The number of carbonyl (C=O) groups excluding carboxylic acids is 1. The van der Waals surface area contributed by atoms with Gasteiger partial charge in [0.15, 0.2) is 0 Å². The molecule has 1 amide bonds. The lowest BCUT2D eigenvalue weighted by Gasteiger charge is -2.44. The topological polar surface area (TPSA) is 58.6 Å². The summed E-state index contributed by atoms with van der Waals surface area (Å²) in [5.74, 6) is 0.686. The van der Waals surface area contributed by atoms with Crippen LogP contribution in [0.4, 0.5) is 10.7 Å². The van der Waals surface area contributed by atoms with E-state index in [1.165, 1.54) is 0 Å². The fourth-order valence-corrected chi connectivity index (χ4v) is 2.64. The second-order valence-corrected chi connectivity index (χ2v) is 7.60. The Labute approximate surface area is 140 Å². The summed E-state index contributed by atoms with van der Waals surface area (Å²) in [5, 5.41) is 0. The number of ether oxygens (including phenoxy) is 1. The number of hydrogen-bond acceptors (Lipinski definition) is 5. The maximum atomic E-state index is 12.3. The molecule has 22 heavy (non-hydrogen) atoms. The fourth-order valence-electron chi connectivity index (χ4n) is 2.43. The van der Waals surface area contributed by atoms with E-state index in [0.717, 1.165) is 4.47 Å². The monoisotopic (exact) mass is 370 g/mol. The van der Waals surface area contributed by atoms with Crippen LogP contribution in [0.25, 0.3) is 0 Å². The Morgan fingerprint density at radius 1 is 1.23 bits per heavy atom. The third kappa shape index (κ3) is 4.09. The summed E-state index contributed by atoms with van der Waals surface area (Å²) in [4.78, 5) is 24.9. The maximum absolute atomic E-state index is 12.3. The molecule has 0 N–H and O–H groups in total. The summed E-state index contributed by atoms with van der Waals surface area (Å²) >= 11 is 3.34. The van der Waals surface area contributed by atoms with Gasteiger partial charge in [-0.25, -0.2) is 14.8 Å². The molecule has 1 aromatic rings. The van der Waals surface area contributed by atoms with Crippen molar-refractivity contribution in [3.05, 3.63) is 16.9 Å². The molecule has 2 atom stereocenters. The summed E-state index contributed by atoms with van der Waals surface area (Å²) in [6, 6.07) is 0.170. The Morgan fingerprint density at radius 2 is 1.82 bits per heavy atom. The number of aromatic nitrogens is 2. The number of hydrogen-bond donors (Lipinski definition) is 0. The van der Waals surface area contributed by atoms with Crippen LogP contribution in [0.1, 0.15) is 34.6 Å². The second kappa shape index (κ2) is 6.40. The Bertz CT molecular complexity index is 529. The fraction of sp³-hybridized carbons (Fsp3) is 0.667. The van der Waals surface area contributed by atoms with Gasteiger partial charge in [-0.05, 0) is 50.5 Å². The largest absolute Gasteiger partial charge is 0.444 e. The molecule has 0 saturated carbocycles. The standard InChI is InChI=1S/C15H23BrN4O2/c1-10-9-20(14(21)22-15(3,4)5)11(2)8-19(10)13-17-6-12(16)7-18-13/h6-7,10-11H,8-9H2,1-5H3/t10-,11+/m0/s1. The van der Waals surface area contributed by atoms with Gasteiger partial charge in [-0.1, -0.05) is 0 Å². The summed E-state index contributed by atoms with van der Waals surface area (Å²) < 4.78 is 6.33. The van der Waals surface area contributed by atoms with Crippen molar-refractivity contribution in [2.75, 3.05) is 18.0 Å². The van der Waals surface area contributed by atoms with Crippen LogP contribution >= 0.6 is 15.9 Å². The molecule has 2 heterocycles. The molecule has 1 aliphatic rings. The van der Waals surface area contributed by atoms with Crippen molar-refractivity contribution < 1.29 is 9.53 Å². The lowest BCUT2D eigenvalue weighted by Crippen LogP contribution is -2.59. The lowest BCUT2D eigenvalue weighted by molar-refractivity contribution is 0.0129. The number of amides is 1. The smallest absolute Gasteiger partial charge is 0.410 e. The van der Waals surface area contributed by atoms with Crippen LogP contribution in [0.15, 0.2) is 16.9 Å². The molecule has 1 saturated heterocycles. The van der Waals surface area contributed by atoms with Crippen molar-refractivity contribution in [1.82, 2.24) is 14.9 Å². The molecule has 0 spiro atoms. The molecule has 1 fully saturated rings. The average Bonchev–Trinajstić information content (AvgIpc) is 2.40. The highest BCUT2D eigenvalue weighted by atomic mass is 79.9. The summed E-state index contributed by atoms with van der Waals surface area (Å²) in [6.45, 7) is 11.0. The number of rotatable bonds is 1. The van der Waals surface area contributed by atoms with Crippen LogP contribution in [0, 0.1) is 0 Å². The minimum absolute atomic E-state index is 0.0401. The van der Waals surface area contributed by atoms with Gasteiger partial charge in [-0.3, -0.25) is 0 Å². The number of anilines is 1. The first-order valence-electron chi connectivity index (χ1n) is 7.41. The van der Waals surface area contributed by atoms with E-state index in [1.54, 1.807) is 17.3 Å². The van der Waals surface area contributed by atoms with E-state index in [4.69, 9.17) is 4.74 Å². The van der Waals surface area contributed by atoms with Crippen LogP contribution in [-0.4, -0.2) is 51.7 Å². The molecule has 0 aliphatic carbocycles. The van der Waals surface area contributed by atoms with Gasteiger partial charge in [-0.2, -0.15) is 0 Å². The van der Waals surface area contributed by atoms with E-state index in [0.29, 0.717) is 19.0 Å². The van der Waals surface area contributed by atoms with E-state index in [-0.39, 0.29) is 18.2 Å². The molecule has 7 heteroatoms. The summed E-state index contributed by atoms with van der Waals surface area (Å²) in [7, 11) is 0. The molecule has 122 valence electrons. The van der Waals surface area contributed by atoms with Crippen LogP contribution in [0.3, 0.4) is 0 Å². The van der Waals surface area contributed by atoms with E-state index < -0.39 is 5.60 Å². The normalized spacial score (nSPS) is 22.6. The van der Waals surface area contributed by atoms with Gasteiger partial charge in [0.1, 0.15) is 5.60 Å². The Morgan fingerprint density at radius 3 is 2.36 bits per heavy atom. The Kier molecular flexibility index (Phi) is 4.94. The van der Waals surface area contributed by atoms with Gasteiger partial charge in [0.05, 0.1) is 4.47 Å². The van der Waals surface area contributed by atoms with Crippen molar-refractivity contribution >= 4 is 28.0 Å². The minimum atomic E-state index is -0.480. The molecular weight excluding hydrogens is 348 g/mol. The zero-order valence-corrected chi connectivity index (χ0v) is 15.3. The molecule has 0 radical (unpaired) electrons. The van der Waals surface area contributed by atoms with Crippen LogP contribution in [0.5, 0.6) is 0 Å². The highest BCUT2D eigenvalue weighted by Gasteiger charge is 2.35. The van der Waals surface area contributed by atoms with E-state index in [9.17, 15) is 4.79 Å². The lowest BCUT2D eigenvalue weighted by atomic mass is 10.1. The number of piperazine rings is 1. The molecular formula is C15H23BrN4O2. The van der Waals surface area contributed by atoms with Gasteiger partial charge in [0.25, 0.3) is 0 Å².